The van der Waals surface area contributed by atoms with Gasteiger partial charge in [0.2, 0.25) is 5.91 Å². The van der Waals surface area contributed by atoms with E-state index in [-0.39, 0.29) is 23.2 Å². The van der Waals surface area contributed by atoms with Gasteiger partial charge in [-0.25, -0.2) is 4.79 Å². The molecule has 1 aromatic rings. The maximum absolute atomic E-state index is 13.2. The number of fused-ring (bicyclic) bond motifs is 5. The zero-order chi connectivity index (χ0) is 38.7. The number of carbonyl (C=O) groups is 2. The lowest BCUT2D eigenvalue weighted by molar-refractivity contribution is -0.167. The number of carbonyl (C=O) groups excluding carboxylic acids is 2. The lowest BCUT2D eigenvalue weighted by Crippen LogP contribution is -2.59. The van der Waals surface area contributed by atoms with Crippen LogP contribution in [0.3, 0.4) is 0 Å². The standard InChI is InChI=1S/C44H75N5O5/c1-30(9-16-40(52)49-38(42(53)54-4)27-31-10-12-34(50)13-11-31)35-14-15-36-41-37(18-20-44(35,36)3)43(2)19-17-33(28-32(43)29-39(41)51)48-26-8-25-47-23-6-5-22-46-24-7-21-45/h10-13,30,32-33,35-39,41,46-48,50-51H,5-9,14-29,45H2,1-4H3,(H,49,52)/t30-,32+,33+,35-,36+,37+,38+,39-,41+,43+,44-/m1/s1. The first-order valence-electron chi connectivity index (χ1n) is 21.7. The van der Waals surface area contributed by atoms with Crippen molar-refractivity contribution in [1.82, 2.24) is 21.3 Å². The lowest BCUT2D eigenvalue weighted by atomic mass is 9.43. The summed E-state index contributed by atoms with van der Waals surface area (Å²) in [7, 11) is 1.34. The zero-order valence-electron chi connectivity index (χ0n) is 34.1. The molecule has 0 bridgehead atoms. The highest BCUT2D eigenvalue weighted by Gasteiger charge is 2.62. The first-order valence-corrected chi connectivity index (χ1v) is 21.7. The molecule has 11 atom stereocenters. The van der Waals surface area contributed by atoms with Crippen LogP contribution in [0.25, 0.3) is 0 Å². The SMILES string of the molecule is COC(=O)[C@H](Cc1ccc(O)cc1)NC(=O)CC[C@@H](C)[C@H]1CC[C@H]2[C@@H]3[C@H](O)C[C@@H]4C[C@@H](NCCCNCCCCNCCCN)CC[C@]4(C)[C@H]3CC[C@]12C. The molecule has 0 saturated heterocycles. The number of rotatable bonds is 21. The summed E-state index contributed by atoms with van der Waals surface area (Å²) < 4.78 is 5.00. The number of aromatic hydroxyl groups is 1. The van der Waals surface area contributed by atoms with Gasteiger partial charge in [0, 0.05) is 18.9 Å². The summed E-state index contributed by atoms with van der Waals surface area (Å²) in [6.07, 6.45) is 15.3. The molecule has 306 valence electrons. The van der Waals surface area contributed by atoms with Crippen molar-refractivity contribution >= 4 is 11.9 Å². The highest BCUT2D eigenvalue weighted by Crippen LogP contribution is 2.68. The van der Waals surface area contributed by atoms with Gasteiger partial charge in [0.05, 0.1) is 13.2 Å². The minimum absolute atomic E-state index is 0.128. The maximum Gasteiger partial charge on any atom is 0.328 e. The highest BCUT2D eigenvalue weighted by atomic mass is 16.5. The largest absolute Gasteiger partial charge is 0.508 e. The number of unbranched alkanes of at least 4 members (excludes halogenated alkanes) is 1. The number of nitrogens with one attached hydrogen (secondary N) is 4. The normalized spacial score (nSPS) is 32.9. The first-order chi connectivity index (χ1) is 26.0. The minimum atomic E-state index is -0.766. The Hall–Kier alpha value is -2.24. The molecule has 0 aromatic heterocycles. The molecule has 8 N–H and O–H groups in total. The van der Waals surface area contributed by atoms with Crippen LogP contribution in [0.15, 0.2) is 24.3 Å². The van der Waals surface area contributed by atoms with Crippen molar-refractivity contribution in [1.29, 1.82) is 0 Å². The summed E-state index contributed by atoms with van der Waals surface area (Å²) in [5.74, 6) is 2.57. The number of phenols is 1. The van der Waals surface area contributed by atoms with Gasteiger partial charge in [-0.3, -0.25) is 4.79 Å². The Morgan fingerprint density at radius 3 is 2.26 bits per heavy atom. The van der Waals surface area contributed by atoms with Crippen LogP contribution in [-0.2, 0) is 20.7 Å². The second kappa shape index (κ2) is 20.3. The molecule has 10 heteroatoms. The smallest absolute Gasteiger partial charge is 0.328 e. The van der Waals surface area contributed by atoms with Gasteiger partial charge in [-0.1, -0.05) is 32.9 Å². The van der Waals surface area contributed by atoms with Crippen LogP contribution in [-0.4, -0.2) is 86.7 Å². The number of phenolic OH excluding ortho intramolecular Hbond substituents is 1. The first kappa shape index (κ1) is 42.9. The van der Waals surface area contributed by atoms with Crippen molar-refractivity contribution in [2.75, 3.05) is 46.4 Å². The van der Waals surface area contributed by atoms with Gasteiger partial charge in [-0.05, 0) is 187 Å². The number of esters is 1. The van der Waals surface area contributed by atoms with Crippen LogP contribution < -0.4 is 27.0 Å². The molecule has 0 unspecified atom stereocenters. The number of nitrogens with two attached hydrogens (primary N) is 1. The highest BCUT2D eigenvalue weighted by molar-refractivity contribution is 5.84. The van der Waals surface area contributed by atoms with E-state index in [0.717, 1.165) is 70.5 Å². The number of aliphatic hydroxyl groups excluding tert-OH is 1. The molecular formula is C44H75N5O5. The number of hydrogen-bond donors (Lipinski definition) is 7. The van der Waals surface area contributed by atoms with Crippen LogP contribution >= 0.6 is 0 Å². The molecule has 0 aliphatic heterocycles. The summed E-state index contributed by atoms with van der Waals surface area (Å²) in [5, 5.41) is 35.4. The monoisotopic (exact) mass is 754 g/mol. The third-order valence-electron chi connectivity index (χ3n) is 14.9. The van der Waals surface area contributed by atoms with Gasteiger partial charge < -0.3 is 42.0 Å². The maximum atomic E-state index is 13.2. The summed E-state index contributed by atoms with van der Waals surface area (Å²) in [4.78, 5) is 25.7. The topological polar surface area (TPSA) is 158 Å². The van der Waals surface area contributed by atoms with Gasteiger partial charge in [0.25, 0.3) is 0 Å². The van der Waals surface area contributed by atoms with Gasteiger partial charge in [0.15, 0.2) is 0 Å². The molecule has 54 heavy (non-hydrogen) atoms. The fourth-order valence-corrected chi connectivity index (χ4v) is 11.9. The number of hydrogen-bond acceptors (Lipinski definition) is 9. The molecule has 1 aromatic carbocycles. The van der Waals surface area contributed by atoms with Crippen molar-refractivity contribution in [2.45, 2.75) is 135 Å². The van der Waals surface area contributed by atoms with E-state index < -0.39 is 12.0 Å². The van der Waals surface area contributed by atoms with E-state index in [9.17, 15) is 19.8 Å². The Morgan fingerprint density at radius 1 is 0.889 bits per heavy atom. The molecule has 0 heterocycles. The quantitative estimate of drug-likeness (QED) is 0.0655. The molecule has 0 spiro atoms. The summed E-state index contributed by atoms with van der Waals surface area (Å²) in [6.45, 7) is 13.5. The van der Waals surface area contributed by atoms with E-state index in [1.54, 1.807) is 24.3 Å². The van der Waals surface area contributed by atoms with Crippen molar-refractivity contribution in [3.05, 3.63) is 29.8 Å². The lowest BCUT2D eigenvalue weighted by Gasteiger charge is -2.62. The number of amides is 1. The van der Waals surface area contributed by atoms with Crippen molar-refractivity contribution in [2.24, 2.45) is 52.1 Å². The van der Waals surface area contributed by atoms with Crippen molar-refractivity contribution < 1.29 is 24.5 Å². The second-order valence-electron chi connectivity index (χ2n) is 18.2. The molecule has 4 aliphatic carbocycles. The van der Waals surface area contributed by atoms with E-state index in [1.807, 2.05) is 0 Å². The molecular weight excluding hydrogens is 679 g/mol. The third-order valence-corrected chi connectivity index (χ3v) is 14.9. The van der Waals surface area contributed by atoms with E-state index >= 15 is 0 Å². The zero-order valence-corrected chi connectivity index (χ0v) is 34.1. The van der Waals surface area contributed by atoms with Crippen LogP contribution in [0, 0.1) is 46.3 Å². The average Bonchev–Trinajstić information content (AvgIpc) is 3.52. The molecule has 4 saturated carbocycles. The van der Waals surface area contributed by atoms with Crippen LogP contribution in [0.5, 0.6) is 5.75 Å². The van der Waals surface area contributed by atoms with Gasteiger partial charge in [0.1, 0.15) is 11.8 Å². The Labute approximate surface area is 326 Å². The molecule has 0 radical (unpaired) electrons. The van der Waals surface area contributed by atoms with Crippen LogP contribution in [0.4, 0.5) is 0 Å². The Bertz CT molecular complexity index is 1310. The van der Waals surface area contributed by atoms with Gasteiger partial charge in [-0.2, -0.15) is 0 Å². The fourth-order valence-electron chi connectivity index (χ4n) is 11.9. The van der Waals surface area contributed by atoms with E-state index in [0.29, 0.717) is 59.8 Å². The van der Waals surface area contributed by atoms with E-state index in [2.05, 4.69) is 42.0 Å². The minimum Gasteiger partial charge on any atom is -0.508 e. The molecule has 4 aliphatic rings. The van der Waals surface area contributed by atoms with Crippen LogP contribution in [0.2, 0.25) is 0 Å². The Balaban J connectivity index is 1.06. The number of aliphatic hydroxyl groups is 1. The second-order valence-corrected chi connectivity index (χ2v) is 18.2. The fraction of sp³-hybridized carbons (Fsp3) is 0.818. The predicted molar refractivity (Wildman–Crippen MR) is 216 cm³/mol. The van der Waals surface area contributed by atoms with E-state index in [4.69, 9.17) is 10.5 Å². The molecule has 10 nitrogen and oxygen atoms in total. The summed E-state index contributed by atoms with van der Waals surface area (Å²) in [5.41, 5.74) is 6.88. The molecule has 5 rings (SSSR count). The number of methoxy groups -OCH3 is 1. The van der Waals surface area contributed by atoms with Crippen molar-refractivity contribution in [3.63, 3.8) is 0 Å². The van der Waals surface area contributed by atoms with Crippen LogP contribution in [0.1, 0.15) is 116 Å². The summed E-state index contributed by atoms with van der Waals surface area (Å²) in [6, 6.07) is 6.47. The van der Waals surface area contributed by atoms with Crippen molar-refractivity contribution in [3.8, 4) is 5.75 Å². The number of benzene rings is 1. The van der Waals surface area contributed by atoms with E-state index in [1.165, 1.54) is 64.9 Å². The Morgan fingerprint density at radius 2 is 1.56 bits per heavy atom. The van der Waals surface area contributed by atoms with Gasteiger partial charge >= 0.3 is 5.97 Å². The third kappa shape index (κ3) is 10.6. The molecule has 1 amide bonds. The summed E-state index contributed by atoms with van der Waals surface area (Å²) >= 11 is 0. The Kier molecular flexibility index (Phi) is 16.1. The molecule has 4 fully saturated rings. The van der Waals surface area contributed by atoms with Gasteiger partial charge in [-0.15, -0.1) is 0 Å². The predicted octanol–water partition coefficient (Wildman–Crippen LogP) is 5.30. The number of ether oxygens (including phenoxy) is 1. The average molecular weight is 754 g/mol.